The van der Waals surface area contributed by atoms with Gasteiger partial charge in [0.25, 0.3) is 5.91 Å². The molecule has 0 radical (unpaired) electrons. The number of hydrogen-bond donors (Lipinski definition) is 1. The van der Waals surface area contributed by atoms with Crippen LogP contribution in [0, 0.1) is 0 Å². The van der Waals surface area contributed by atoms with E-state index in [-0.39, 0.29) is 22.3 Å². The van der Waals surface area contributed by atoms with Crippen molar-refractivity contribution in [2.75, 3.05) is 18.4 Å². The molecule has 9 heteroatoms. The molecule has 0 aliphatic carbocycles. The van der Waals surface area contributed by atoms with Crippen LogP contribution in [0.5, 0.6) is 0 Å². The van der Waals surface area contributed by atoms with E-state index in [0.717, 1.165) is 17.0 Å². The van der Waals surface area contributed by atoms with Crippen molar-refractivity contribution in [2.24, 2.45) is 0 Å². The number of carbonyl (C=O) groups is 2. The third-order valence-electron chi connectivity index (χ3n) is 3.69. The van der Waals surface area contributed by atoms with Gasteiger partial charge in [-0.3, -0.25) is 9.59 Å². The molecule has 144 valence electrons. The summed E-state index contributed by atoms with van der Waals surface area (Å²) in [7, 11) is 0. The van der Waals surface area contributed by atoms with Crippen LogP contribution in [-0.4, -0.2) is 29.8 Å². The van der Waals surface area contributed by atoms with Crippen molar-refractivity contribution >= 4 is 40.7 Å². The quantitative estimate of drug-likeness (QED) is 0.732. The van der Waals surface area contributed by atoms with Gasteiger partial charge in [-0.2, -0.15) is 13.2 Å². The lowest BCUT2D eigenvalue weighted by Gasteiger charge is -2.22. The average molecular weight is 419 g/mol. The molecule has 27 heavy (non-hydrogen) atoms. The number of rotatable bonds is 5. The molecule has 0 saturated heterocycles. The number of para-hydroxylation sites is 1. The van der Waals surface area contributed by atoms with E-state index in [0.29, 0.717) is 0 Å². The van der Waals surface area contributed by atoms with Gasteiger partial charge in [-0.25, -0.2) is 0 Å². The van der Waals surface area contributed by atoms with Crippen LogP contribution in [0.25, 0.3) is 0 Å². The highest BCUT2D eigenvalue weighted by Gasteiger charge is 2.36. The van der Waals surface area contributed by atoms with Crippen molar-refractivity contribution in [3.8, 4) is 0 Å². The summed E-state index contributed by atoms with van der Waals surface area (Å²) in [4.78, 5) is 25.8. The molecular weight excluding hydrogens is 404 g/mol. The summed E-state index contributed by atoms with van der Waals surface area (Å²) < 4.78 is 39.4. The molecule has 1 N–H and O–H groups in total. The van der Waals surface area contributed by atoms with Crippen molar-refractivity contribution in [1.29, 1.82) is 0 Å². The molecule has 0 unspecified atom stereocenters. The maximum atomic E-state index is 13.1. The van der Waals surface area contributed by atoms with Crippen molar-refractivity contribution < 1.29 is 22.8 Å². The van der Waals surface area contributed by atoms with E-state index in [2.05, 4.69) is 5.32 Å². The van der Waals surface area contributed by atoms with Gasteiger partial charge in [-0.15, -0.1) is 0 Å². The molecule has 0 bridgehead atoms. The first-order chi connectivity index (χ1) is 12.6. The fourth-order valence-corrected chi connectivity index (χ4v) is 2.88. The zero-order valence-corrected chi connectivity index (χ0v) is 15.6. The van der Waals surface area contributed by atoms with Crippen LogP contribution >= 0.6 is 23.2 Å². The van der Waals surface area contributed by atoms with Gasteiger partial charge < -0.3 is 10.2 Å². The number of likely N-dealkylation sites (N-methyl/N-ethyl adjacent to an activating group) is 1. The van der Waals surface area contributed by atoms with Gasteiger partial charge in [-0.1, -0.05) is 41.4 Å². The van der Waals surface area contributed by atoms with Gasteiger partial charge in [0.1, 0.15) is 6.54 Å². The molecular formula is C18H15Cl2F3N2O2. The summed E-state index contributed by atoms with van der Waals surface area (Å²) in [5.74, 6) is -1.53. The first-order valence-electron chi connectivity index (χ1n) is 7.84. The number of halogens is 5. The Bertz CT molecular complexity index is 836. The van der Waals surface area contributed by atoms with Crippen LogP contribution in [0.3, 0.4) is 0 Å². The Morgan fingerprint density at radius 1 is 1.04 bits per heavy atom. The van der Waals surface area contributed by atoms with Gasteiger partial charge in [-0.05, 0) is 31.2 Å². The number of benzene rings is 2. The van der Waals surface area contributed by atoms with E-state index in [1.54, 1.807) is 13.0 Å². The smallest absolute Gasteiger partial charge is 0.330 e. The lowest BCUT2D eigenvalue weighted by Crippen LogP contribution is -2.38. The monoisotopic (exact) mass is 418 g/mol. The minimum Gasteiger partial charge on any atom is -0.330 e. The Hall–Kier alpha value is -2.25. The molecule has 4 nitrogen and oxygen atoms in total. The number of nitrogens with one attached hydrogen (secondary N) is 1. The van der Waals surface area contributed by atoms with Crippen molar-refractivity contribution in [1.82, 2.24) is 4.90 Å². The molecule has 0 fully saturated rings. The Kier molecular flexibility index (Phi) is 6.73. The minimum absolute atomic E-state index is 0.0364. The van der Waals surface area contributed by atoms with Crippen LogP contribution in [0.4, 0.5) is 18.9 Å². The van der Waals surface area contributed by atoms with Gasteiger partial charge >= 0.3 is 6.18 Å². The van der Waals surface area contributed by atoms with E-state index in [9.17, 15) is 22.8 Å². The van der Waals surface area contributed by atoms with Gasteiger partial charge in [0.15, 0.2) is 0 Å². The summed E-state index contributed by atoms with van der Waals surface area (Å²) in [5, 5.41) is 2.88. The largest absolute Gasteiger partial charge is 0.417 e. The highest BCUT2D eigenvalue weighted by molar-refractivity contribution is 6.39. The summed E-state index contributed by atoms with van der Waals surface area (Å²) in [6, 6.07) is 9.07. The van der Waals surface area contributed by atoms with E-state index in [4.69, 9.17) is 23.2 Å². The molecule has 0 aliphatic rings. The first kappa shape index (κ1) is 21.1. The molecule has 0 aliphatic heterocycles. The Morgan fingerprint density at radius 2 is 1.63 bits per heavy atom. The van der Waals surface area contributed by atoms with Crippen LogP contribution in [0.15, 0.2) is 42.5 Å². The zero-order chi connectivity index (χ0) is 20.2. The lowest BCUT2D eigenvalue weighted by molar-refractivity contribution is -0.138. The third kappa shape index (κ3) is 5.14. The van der Waals surface area contributed by atoms with Gasteiger partial charge in [0, 0.05) is 6.54 Å². The molecule has 2 aromatic carbocycles. The molecule has 0 saturated carbocycles. The minimum atomic E-state index is -4.68. The molecule has 0 spiro atoms. The SMILES string of the molecule is CCN(CC(=O)Nc1c(Cl)cccc1Cl)C(=O)c1ccccc1C(F)(F)F. The zero-order valence-electron chi connectivity index (χ0n) is 14.1. The fraction of sp³-hybridized carbons (Fsp3) is 0.222. The molecule has 0 aromatic heterocycles. The van der Waals surface area contributed by atoms with Gasteiger partial charge in [0.05, 0.1) is 26.9 Å². The van der Waals surface area contributed by atoms with E-state index in [1.165, 1.54) is 24.3 Å². The number of hydrogen-bond acceptors (Lipinski definition) is 2. The topological polar surface area (TPSA) is 49.4 Å². The highest BCUT2D eigenvalue weighted by Crippen LogP contribution is 2.32. The van der Waals surface area contributed by atoms with Crippen molar-refractivity contribution in [3.63, 3.8) is 0 Å². The first-order valence-corrected chi connectivity index (χ1v) is 8.60. The van der Waals surface area contributed by atoms with Crippen LogP contribution in [0.1, 0.15) is 22.8 Å². The number of carbonyl (C=O) groups excluding carboxylic acids is 2. The standard InChI is InChI=1S/C18H15Cl2F3N2O2/c1-2-25(10-15(26)24-16-13(19)8-5-9-14(16)20)17(27)11-6-3-4-7-12(11)18(21,22)23/h3-9H,2,10H2,1H3,(H,24,26). The third-order valence-corrected chi connectivity index (χ3v) is 4.32. The van der Waals surface area contributed by atoms with Crippen molar-refractivity contribution in [2.45, 2.75) is 13.1 Å². The molecule has 2 rings (SSSR count). The second-order valence-corrected chi connectivity index (χ2v) is 6.32. The van der Waals surface area contributed by atoms with Crippen LogP contribution in [-0.2, 0) is 11.0 Å². The van der Waals surface area contributed by atoms with E-state index in [1.807, 2.05) is 0 Å². The molecule has 2 amide bonds. The number of anilines is 1. The normalized spacial score (nSPS) is 11.2. The maximum Gasteiger partial charge on any atom is 0.417 e. The van der Waals surface area contributed by atoms with Gasteiger partial charge in [0.2, 0.25) is 5.91 Å². The Labute approximate surface area is 163 Å². The highest BCUT2D eigenvalue weighted by atomic mass is 35.5. The predicted molar refractivity (Wildman–Crippen MR) is 98.1 cm³/mol. The van der Waals surface area contributed by atoms with E-state index < -0.39 is 35.7 Å². The summed E-state index contributed by atoms with van der Waals surface area (Å²) in [6.45, 7) is 1.14. The lowest BCUT2D eigenvalue weighted by atomic mass is 10.1. The fourth-order valence-electron chi connectivity index (χ4n) is 2.38. The Morgan fingerprint density at radius 3 is 2.19 bits per heavy atom. The Balaban J connectivity index is 2.20. The molecule has 0 heterocycles. The molecule has 2 aromatic rings. The van der Waals surface area contributed by atoms with Crippen molar-refractivity contribution in [3.05, 3.63) is 63.6 Å². The average Bonchev–Trinajstić information content (AvgIpc) is 2.61. The van der Waals surface area contributed by atoms with Crippen LogP contribution < -0.4 is 5.32 Å². The number of nitrogens with zero attached hydrogens (tertiary/aromatic N) is 1. The predicted octanol–water partition coefficient (Wildman–Crippen LogP) is 5.11. The second-order valence-electron chi connectivity index (χ2n) is 5.51. The van der Waals surface area contributed by atoms with E-state index >= 15 is 0 Å². The number of amides is 2. The number of alkyl halides is 3. The summed E-state index contributed by atoms with van der Waals surface area (Å²) in [6.07, 6.45) is -4.68. The second kappa shape index (κ2) is 8.63. The maximum absolute atomic E-state index is 13.1. The van der Waals surface area contributed by atoms with Crippen LogP contribution in [0.2, 0.25) is 10.0 Å². The summed E-state index contributed by atoms with van der Waals surface area (Å²) in [5.41, 5.74) is -1.40. The molecule has 0 atom stereocenters. The summed E-state index contributed by atoms with van der Waals surface area (Å²) >= 11 is 11.9.